The summed E-state index contributed by atoms with van der Waals surface area (Å²) in [5, 5.41) is 13.4. The standard InChI is InChI=1S/C15H27NO2/c1-12-5-4-8-15(18,10-12)11-16-14(17)9-13-6-2-3-7-13/h12-13,18H,2-11H2,1H3,(H,16,17). The van der Waals surface area contributed by atoms with Crippen LogP contribution in [0.4, 0.5) is 0 Å². The summed E-state index contributed by atoms with van der Waals surface area (Å²) < 4.78 is 0. The molecular formula is C15H27NO2. The molecule has 2 N–H and O–H groups in total. The Kier molecular flexibility index (Phi) is 4.66. The van der Waals surface area contributed by atoms with Crippen molar-refractivity contribution in [3.8, 4) is 0 Å². The molecule has 0 radical (unpaired) electrons. The Hall–Kier alpha value is -0.570. The summed E-state index contributed by atoms with van der Waals surface area (Å²) in [6.45, 7) is 2.63. The van der Waals surface area contributed by atoms with Gasteiger partial charge in [0.1, 0.15) is 0 Å². The van der Waals surface area contributed by atoms with Crippen molar-refractivity contribution in [3.63, 3.8) is 0 Å². The van der Waals surface area contributed by atoms with Gasteiger partial charge in [-0.25, -0.2) is 0 Å². The van der Waals surface area contributed by atoms with Crippen LogP contribution in [-0.4, -0.2) is 23.2 Å². The number of amides is 1. The van der Waals surface area contributed by atoms with E-state index in [9.17, 15) is 9.90 Å². The fraction of sp³-hybridized carbons (Fsp3) is 0.933. The van der Waals surface area contributed by atoms with E-state index in [1.807, 2.05) is 0 Å². The Morgan fingerprint density at radius 1 is 1.28 bits per heavy atom. The molecule has 1 amide bonds. The van der Waals surface area contributed by atoms with Gasteiger partial charge in [-0.05, 0) is 37.5 Å². The number of hydrogen-bond acceptors (Lipinski definition) is 2. The Morgan fingerprint density at radius 2 is 2.00 bits per heavy atom. The van der Waals surface area contributed by atoms with Gasteiger partial charge in [0.2, 0.25) is 5.91 Å². The smallest absolute Gasteiger partial charge is 0.220 e. The Morgan fingerprint density at radius 3 is 2.67 bits per heavy atom. The molecule has 2 fully saturated rings. The highest BCUT2D eigenvalue weighted by Crippen LogP contribution is 2.32. The van der Waals surface area contributed by atoms with Crippen molar-refractivity contribution in [2.24, 2.45) is 11.8 Å². The maximum Gasteiger partial charge on any atom is 0.220 e. The highest BCUT2D eigenvalue weighted by molar-refractivity contribution is 5.76. The molecule has 0 aromatic heterocycles. The summed E-state index contributed by atoms with van der Waals surface area (Å²) in [4.78, 5) is 11.8. The van der Waals surface area contributed by atoms with Crippen molar-refractivity contribution in [2.45, 2.75) is 70.3 Å². The molecule has 0 spiro atoms. The first-order valence-electron chi connectivity index (χ1n) is 7.56. The van der Waals surface area contributed by atoms with Crippen molar-refractivity contribution in [3.05, 3.63) is 0 Å². The van der Waals surface area contributed by atoms with E-state index in [1.165, 1.54) is 32.1 Å². The van der Waals surface area contributed by atoms with Crippen LogP contribution in [0.25, 0.3) is 0 Å². The highest BCUT2D eigenvalue weighted by Gasteiger charge is 2.33. The lowest BCUT2D eigenvalue weighted by Gasteiger charge is -2.35. The first-order chi connectivity index (χ1) is 8.57. The summed E-state index contributed by atoms with van der Waals surface area (Å²) in [6.07, 6.45) is 9.57. The molecule has 3 heteroatoms. The molecule has 0 aliphatic heterocycles. The van der Waals surface area contributed by atoms with Crippen LogP contribution in [0.15, 0.2) is 0 Å². The fourth-order valence-corrected chi connectivity index (χ4v) is 3.60. The summed E-state index contributed by atoms with van der Waals surface area (Å²) in [5.74, 6) is 1.30. The van der Waals surface area contributed by atoms with E-state index < -0.39 is 5.60 Å². The Labute approximate surface area is 110 Å². The molecule has 0 bridgehead atoms. The molecule has 2 unspecified atom stereocenters. The lowest BCUT2D eigenvalue weighted by Crippen LogP contribution is -2.46. The second kappa shape index (κ2) is 6.05. The number of nitrogens with one attached hydrogen (secondary N) is 1. The fourth-order valence-electron chi connectivity index (χ4n) is 3.60. The molecule has 18 heavy (non-hydrogen) atoms. The molecule has 0 aromatic carbocycles. The predicted octanol–water partition coefficient (Wildman–Crippen LogP) is 2.62. The zero-order valence-corrected chi connectivity index (χ0v) is 11.6. The Balaban J connectivity index is 1.71. The van der Waals surface area contributed by atoms with E-state index in [1.54, 1.807) is 0 Å². The van der Waals surface area contributed by atoms with Crippen molar-refractivity contribution < 1.29 is 9.90 Å². The Bertz CT molecular complexity index is 286. The van der Waals surface area contributed by atoms with Crippen molar-refractivity contribution in [1.29, 1.82) is 0 Å². The minimum absolute atomic E-state index is 0.133. The average Bonchev–Trinajstić information content (AvgIpc) is 2.79. The molecule has 2 aliphatic rings. The molecule has 2 rings (SSSR count). The minimum atomic E-state index is -0.650. The third kappa shape index (κ3) is 3.98. The van der Waals surface area contributed by atoms with E-state index in [2.05, 4.69) is 12.2 Å². The topological polar surface area (TPSA) is 49.3 Å². The van der Waals surface area contributed by atoms with Gasteiger partial charge in [-0.15, -0.1) is 0 Å². The van der Waals surface area contributed by atoms with Gasteiger partial charge in [0.25, 0.3) is 0 Å². The molecule has 0 heterocycles. The largest absolute Gasteiger partial charge is 0.388 e. The first-order valence-corrected chi connectivity index (χ1v) is 7.56. The average molecular weight is 253 g/mol. The zero-order valence-electron chi connectivity index (χ0n) is 11.6. The van der Waals surface area contributed by atoms with Crippen LogP contribution in [0, 0.1) is 11.8 Å². The molecule has 0 saturated heterocycles. The van der Waals surface area contributed by atoms with Crippen LogP contribution in [0.2, 0.25) is 0 Å². The molecule has 104 valence electrons. The van der Waals surface area contributed by atoms with Gasteiger partial charge >= 0.3 is 0 Å². The van der Waals surface area contributed by atoms with Gasteiger partial charge < -0.3 is 10.4 Å². The molecule has 2 saturated carbocycles. The van der Waals surface area contributed by atoms with Crippen LogP contribution in [0.3, 0.4) is 0 Å². The van der Waals surface area contributed by atoms with Gasteiger partial charge in [0, 0.05) is 13.0 Å². The molecule has 2 aliphatic carbocycles. The highest BCUT2D eigenvalue weighted by atomic mass is 16.3. The van der Waals surface area contributed by atoms with Gasteiger partial charge in [-0.3, -0.25) is 4.79 Å². The number of carbonyl (C=O) groups excluding carboxylic acids is 1. The SMILES string of the molecule is CC1CCCC(O)(CNC(=O)CC2CCCC2)C1. The van der Waals surface area contributed by atoms with E-state index in [0.717, 1.165) is 19.3 Å². The van der Waals surface area contributed by atoms with Gasteiger partial charge in [-0.1, -0.05) is 32.6 Å². The summed E-state index contributed by atoms with van der Waals surface area (Å²) in [5.41, 5.74) is -0.650. The summed E-state index contributed by atoms with van der Waals surface area (Å²) in [7, 11) is 0. The van der Waals surface area contributed by atoms with Crippen molar-refractivity contribution >= 4 is 5.91 Å². The predicted molar refractivity (Wildman–Crippen MR) is 72.2 cm³/mol. The monoisotopic (exact) mass is 253 g/mol. The number of carbonyl (C=O) groups is 1. The number of rotatable bonds is 4. The quantitative estimate of drug-likeness (QED) is 0.809. The van der Waals surface area contributed by atoms with Crippen LogP contribution < -0.4 is 5.32 Å². The van der Waals surface area contributed by atoms with Gasteiger partial charge in [0.05, 0.1) is 5.60 Å². The number of aliphatic hydroxyl groups is 1. The minimum Gasteiger partial charge on any atom is -0.388 e. The van der Waals surface area contributed by atoms with Gasteiger partial charge in [-0.2, -0.15) is 0 Å². The maximum atomic E-state index is 11.8. The van der Waals surface area contributed by atoms with E-state index in [4.69, 9.17) is 0 Å². The lowest BCUT2D eigenvalue weighted by molar-refractivity contribution is -0.123. The zero-order chi connectivity index (χ0) is 13.0. The second-order valence-corrected chi connectivity index (χ2v) is 6.56. The second-order valence-electron chi connectivity index (χ2n) is 6.56. The normalized spacial score (nSPS) is 33.6. The van der Waals surface area contributed by atoms with Crippen LogP contribution in [-0.2, 0) is 4.79 Å². The molecular weight excluding hydrogens is 226 g/mol. The van der Waals surface area contributed by atoms with Crippen molar-refractivity contribution in [2.75, 3.05) is 6.54 Å². The van der Waals surface area contributed by atoms with Crippen LogP contribution >= 0.6 is 0 Å². The third-order valence-corrected chi connectivity index (χ3v) is 4.63. The number of hydrogen-bond donors (Lipinski definition) is 2. The molecule has 3 nitrogen and oxygen atoms in total. The van der Waals surface area contributed by atoms with Crippen LogP contribution in [0.1, 0.15) is 64.7 Å². The third-order valence-electron chi connectivity index (χ3n) is 4.63. The summed E-state index contributed by atoms with van der Waals surface area (Å²) in [6, 6.07) is 0. The first kappa shape index (κ1) is 13.9. The van der Waals surface area contributed by atoms with Gasteiger partial charge in [0.15, 0.2) is 0 Å². The lowest BCUT2D eigenvalue weighted by atomic mass is 9.79. The maximum absolute atomic E-state index is 11.8. The van der Waals surface area contributed by atoms with E-state index >= 15 is 0 Å². The van der Waals surface area contributed by atoms with Crippen molar-refractivity contribution in [1.82, 2.24) is 5.32 Å². The van der Waals surface area contributed by atoms with E-state index in [-0.39, 0.29) is 5.91 Å². The molecule has 0 aromatic rings. The molecule has 2 atom stereocenters. The van der Waals surface area contributed by atoms with Crippen LogP contribution in [0.5, 0.6) is 0 Å². The van der Waals surface area contributed by atoms with E-state index in [0.29, 0.717) is 24.8 Å². The summed E-state index contributed by atoms with van der Waals surface area (Å²) >= 11 is 0.